The van der Waals surface area contributed by atoms with Crippen molar-refractivity contribution in [1.82, 2.24) is 25.2 Å². The molecular weight excluding hydrogens is 422 g/mol. The Hall–Kier alpha value is -3.44. The lowest BCUT2D eigenvalue weighted by atomic mass is 10.2. The maximum absolute atomic E-state index is 12.5. The molecule has 3 aromatic rings. The molecule has 0 aliphatic rings. The highest BCUT2D eigenvalue weighted by Gasteiger charge is 2.22. The molecule has 3 N–H and O–H groups in total. The topological polar surface area (TPSA) is 135 Å². The van der Waals surface area contributed by atoms with Crippen LogP contribution in [0.25, 0.3) is 11.4 Å². The Morgan fingerprint density at radius 1 is 1.03 bits per heavy atom. The molecule has 0 aliphatic heterocycles. The molecule has 0 aliphatic carbocycles. The number of hydrogen-bond donors (Lipinski definition) is 3. The van der Waals surface area contributed by atoms with E-state index in [1.165, 1.54) is 38.3 Å². The molecule has 164 valence electrons. The second-order valence-electron chi connectivity index (χ2n) is 6.57. The highest BCUT2D eigenvalue weighted by atomic mass is 32.2. The fourth-order valence-corrected chi connectivity index (χ4v) is 3.88. The third-order valence-corrected chi connectivity index (χ3v) is 5.96. The number of aromatic nitrogens is 3. The van der Waals surface area contributed by atoms with Crippen molar-refractivity contribution in [3.63, 3.8) is 0 Å². The zero-order chi connectivity index (χ0) is 22.4. The number of nitrogens with zero attached hydrogens (tertiary/aromatic N) is 2. The van der Waals surface area contributed by atoms with Crippen molar-refractivity contribution in [2.24, 2.45) is 0 Å². The molecule has 0 bridgehead atoms. The second kappa shape index (κ2) is 9.58. The van der Waals surface area contributed by atoms with Gasteiger partial charge in [0.2, 0.25) is 15.9 Å². The molecule has 31 heavy (non-hydrogen) atoms. The summed E-state index contributed by atoms with van der Waals surface area (Å²) >= 11 is 0. The van der Waals surface area contributed by atoms with Crippen LogP contribution in [0.2, 0.25) is 0 Å². The first kappa shape index (κ1) is 22.2. The van der Waals surface area contributed by atoms with Crippen molar-refractivity contribution in [2.45, 2.75) is 24.4 Å². The van der Waals surface area contributed by atoms with E-state index in [2.05, 4.69) is 25.2 Å². The molecule has 1 amide bonds. The van der Waals surface area contributed by atoms with E-state index in [0.29, 0.717) is 17.4 Å². The third-order valence-electron chi connectivity index (χ3n) is 4.40. The fourth-order valence-electron chi connectivity index (χ4n) is 2.68. The van der Waals surface area contributed by atoms with Crippen molar-refractivity contribution in [3.8, 4) is 22.9 Å². The monoisotopic (exact) mass is 445 g/mol. The van der Waals surface area contributed by atoms with Gasteiger partial charge in [0.05, 0.1) is 31.7 Å². The average Bonchev–Trinajstić information content (AvgIpc) is 3.26. The smallest absolute Gasteiger partial charge is 0.241 e. The van der Waals surface area contributed by atoms with Crippen LogP contribution in [-0.2, 0) is 21.4 Å². The first-order chi connectivity index (χ1) is 14.8. The minimum absolute atomic E-state index is 0.0346. The molecule has 2 aromatic carbocycles. The number of nitrogens with one attached hydrogen (secondary N) is 3. The van der Waals surface area contributed by atoms with E-state index in [9.17, 15) is 13.2 Å². The minimum Gasteiger partial charge on any atom is -0.497 e. The molecule has 11 heteroatoms. The number of aromatic amines is 1. The molecule has 0 unspecified atom stereocenters. The van der Waals surface area contributed by atoms with E-state index in [1.54, 1.807) is 19.2 Å². The Morgan fingerprint density at radius 3 is 2.19 bits per heavy atom. The van der Waals surface area contributed by atoms with Crippen LogP contribution in [0.4, 0.5) is 0 Å². The summed E-state index contributed by atoms with van der Waals surface area (Å²) < 4.78 is 37.4. The molecule has 0 fully saturated rings. The molecule has 0 radical (unpaired) electrons. The van der Waals surface area contributed by atoms with Crippen molar-refractivity contribution in [1.29, 1.82) is 0 Å². The summed E-state index contributed by atoms with van der Waals surface area (Å²) in [4.78, 5) is 16.7. The number of sulfonamides is 1. The van der Waals surface area contributed by atoms with Gasteiger partial charge in [-0.15, -0.1) is 0 Å². The van der Waals surface area contributed by atoms with Gasteiger partial charge in [0, 0.05) is 5.56 Å². The lowest BCUT2D eigenvalue weighted by molar-refractivity contribution is -0.122. The summed E-state index contributed by atoms with van der Waals surface area (Å²) in [6, 6.07) is 12.1. The van der Waals surface area contributed by atoms with Crippen LogP contribution in [0, 0.1) is 0 Å². The van der Waals surface area contributed by atoms with Crippen molar-refractivity contribution >= 4 is 15.9 Å². The van der Waals surface area contributed by atoms with Crippen molar-refractivity contribution < 1.29 is 22.7 Å². The van der Waals surface area contributed by atoms with Crippen LogP contribution < -0.4 is 19.5 Å². The Morgan fingerprint density at radius 2 is 1.61 bits per heavy atom. The quantitative estimate of drug-likeness (QED) is 0.454. The summed E-state index contributed by atoms with van der Waals surface area (Å²) in [6.07, 6.45) is 0. The number of ether oxygens (including phenoxy) is 2. The zero-order valence-electron chi connectivity index (χ0n) is 17.2. The number of methoxy groups -OCH3 is 2. The molecular formula is C20H23N5O5S. The first-order valence-corrected chi connectivity index (χ1v) is 10.8. The van der Waals surface area contributed by atoms with Gasteiger partial charge in [-0.25, -0.2) is 13.4 Å². The molecule has 0 saturated carbocycles. The van der Waals surface area contributed by atoms with Crippen molar-refractivity contribution in [2.75, 3.05) is 14.2 Å². The summed E-state index contributed by atoms with van der Waals surface area (Å²) in [5.41, 5.74) is 0.787. The van der Waals surface area contributed by atoms with Gasteiger partial charge in [-0.05, 0) is 55.5 Å². The number of amides is 1. The van der Waals surface area contributed by atoms with E-state index >= 15 is 0 Å². The van der Waals surface area contributed by atoms with Gasteiger partial charge < -0.3 is 14.8 Å². The van der Waals surface area contributed by atoms with Gasteiger partial charge in [0.25, 0.3) is 0 Å². The van der Waals surface area contributed by atoms with E-state index in [-0.39, 0.29) is 11.4 Å². The standard InChI is InChI=1S/C20H23N5O5S/c1-13(25-31(27,28)17-10-8-16(30-3)9-11-17)20(26)21-12-18-22-19(24-23-18)14-4-6-15(29-2)7-5-14/h4-11,13,25H,12H2,1-3H3,(H,21,26)(H,22,23,24)/t13-/m0/s1. The van der Waals surface area contributed by atoms with Crippen LogP contribution >= 0.6 is 0 Å². The average molecular weight is 446 g/mol. The number of H-pyrrole nitrogens is 1. The number of rotatable bonds is 9. The Kier molecular flexibility index (Phi) is 6.88. The molecule has 10 nitrogen and oxygen atoms in total. The van der Waals surface area contributed by atoms with Gasteiger partial charge in [-0.3, -0.25) is 9.89 Å². The van der Waals surface area contributed by atoms with Crippen LogP contribution in [0.15, 0.2) is 53.4 Å². The van der Waals surface area contributed by atoms with Crippen LogP contribution in [-0.4, -0.2) is 49.8 Å². The summed E-state index contributed by atoms with van der Waals surface area (Å²) in [7, 11) is -0.790. The minimum atomic E-state index is -3.86. The maximum Gasteiger partial charge on any atom is 0.241 e. The van der Waals surface area contributed by atoms with Gasteiger partial charge in [-0.1, -0.05) is 0 Å². The zero-order valence-corrected chi connectivity index (χ0v) is 18.1. The highest BCUT2D eigenvalue weighted by molar-refractivity contribution is 7.89. The Bertz CT molecular complexity index is 1130. The molecule has 1 aromatic heterocycles. The number of carbonyl (C=O) groups excluding carboxylic acids is 1. The normalized spacial score (nSPS) is 12.2. The van der Waals surface area contributed by atoms with E-state index in [1.807, 2.05) is 12.1 Å². The predicted octanol–water partition coefficient (Wildman–Crippen LogP) is 1.47. The summed E-state index contributed by atoms with van der Waals surface area (Å²) in [5, 5.41) is 9.52. The van der Waals surface area contributed by atoms with Crippen LogP contribution in [0.1, 0.15) is 12.7 Å². The predicted molar refractivity (Wildman–Crippen MR) is 113 cm³/mol. The first-order valence-electron chi connectivity index (χ1n) is 9.32. The summed E-state index contributed by atoms with van der Waals surface area (Å²) in [5.74, 6) is 1.66. The van der Waals surface area contributed by atoms with Gasteiger partial charge in [0.1, 0.15) is 17.3 Å². The molecule has 3 rings (SSSR count). The maximum atomic E-state index is 12.5. The Labute approximate surface area is 180 Å². The highest BCUT2D eigenvalue weighted by Crippen LogP contribution is 2.19. The van der Waals surface area contributed by atoms with Crippen molar-refractivity contribution in [3.05, 3.63) is 54.4 Å². The molecule has 1 heterocycles. The lowest BCUT2D eigenvalue weighted by Gasteiger charge is -2.14. The largest absolute Gasteiger partial charge is 0.497 e. The van der Waals surface area contributed by atoms with E-state index in [4.69, 9.17) is 9.47 Å². The fraction of sp³-hybridized carbons (Fsp3) is 0.250. The third kappa shape index (κ3) is 5.58. The molecule has 1 atom stereocenters. The van der Waals surface area contributed by atoms with Crippen LogP contribution in [0.5, 0.6) is 11.5 Å². The number of carbonyl (C=O) groups is 1. The van der Waals surface area contributed by atoms with Gasteiger partial charge in [-0.2, -0.15) is 9.82 Å². The lowest BCUT2D eigenvalue weighted by Crippen LogP contribution is -2.44. The summed E-state index contributed by atoms with van der Waals surface area (Å²) in [6.45, 7) is 1.52. The van der Waals surface area contributed by atoms with Gasteiger partial charge in [0.15, 0.2) is 5.82 Å². The second-order valence-corrected chi connectivity index (χ2v) is 8.28. The van der Waals surface area contributed by atoms with Crippen LogP contribution in [0.3, 0.4) is 0 Å². The number of hydrogen-bond acceptors (Lipinski definition) is 7. The van der Waals surface area contributed by atoms with Gasteiger partial charge >= 0.3 is 0 Å². The SMILES string of the molecule is COc1ccc(-c2n[nH]c(CNC(=O)[C@H](C)NS(=O)(=O)c3ccc(OC)cc3)n2)cc1. The molecule has 0 spiro atoms. The molecule has 0 saturated heterocycles. The van der Waals surface area contributed by atoms with E-state index < -0.39 is 22.0 Å². The number of benzene rings is 2. The Balaban J connectivity index is 1.56. The van der Waals surface area contributed by atoms with E-state index in [0.717, 1.165) is 11.3 Å².